The Morgan fingerprint density at radius 2 is 1.59 bits per heavy atom. The number of rotatable bonds is 7. The van der Waals surface area contributed by atoms with Gasteiger partial charge in [0, 0.05) is 18.0 Å². The minimum absolute atomic E-state index is 0.139. The molecule has 2 saturated heterocycles. The Kier molecular flexibility index (Phi) is 7.98. The first-order valence-corrected chi connectivity index (χ1v) is 16.2. The number of phenolic OH excluding ortho intramolecular Hbond substituents is 1. The van der Waals surface area contributed by atoms with Crippen molar-refractivity contribution in [2.45, 2.75) is 18.3 Å². The monoisotopic (exact) mass is 685 g/mol. The highest BCUT2D eigenvalue weighted by molar-refractivity contribution is 6.30. The summed E-state index contributed by atoms with van der Waals surface area (Å²) in [4.78, 5) is 57.5. The third-order valence-electron chi connectivity index (χ3n) is 10.5. The highest BCUT2D eigenvalue weighted by atomic mass is 35.5. The van der Waals surface area contributed by atoms with Gasteiger partial charge in [-0.1, -0.05) is 47.5 Å². The molecule has 0 spiro atoms. The van der Waals surface area contributed by atoms with E-state index in [9.17, 15) is 23.9 Å². The molecular formula is C37H33ClFN3O7. The molecule has 3 fully saturated rings. The predicted octanol–water partition coefficient (Wildman–Crippen LogP) is 5.36. The van der Waals surface area contributed by atoms with Gasteiger partial charge >= 0.3 is 0 Å². The van der Waals surface area contributed by atoms with E-state index in [0.29, 0.717) is 28.3 Å². The quantitative estimate of drug-likeness (QED) is 0.252. The average Bonchev–Trinajstić information content (AvgIpc) is 3.45. The van der Waals surface area contributed by atoms with E-state index in [2.05, 4.69) is 5.43 Å². The fourth-order valence-electron chi connectivity index (χ4n) is 8.28. The van der Waals surface area contributed by atoms with Crippen LogP contribution in [0, 0.1) is 35.4 Å². The second-order valence-electron chi connectivity index (χ2n) is 12.8. The lowest BCUT2D eigenvalue weighted by molar-refractivity contribution is -0.140. The highest BCUT2D eigenvalue weighted by Crippen LogP contribution is 2.61. The zero-order chi connectivity index (χ0) is 34.8. The van der Waals surface area contributed by atoms with Crippen molar-refractivity contribution in [2.24, 2.45) is 29.6 Å². The number of methoxy groups -OCH3 is 2. The molecular weight excluding hydrogens is 653 g/mol. The molecule has 252 valence electrons. The number of carbonyl (C=O) groups is 4. The lowest BCUT2D eigenvalue weighted by atomic mass is 9.50. The van der Waals surface area contributed by atoms with Gasteiger partial charge < -0.3 is 14.6 Å². The molecule has 7 rings (SSSR count). The third kappa shape index (κ3) is 4.89. The van der Waals surface area contributed by atoms with E-state index in [1.165, 1.54) is 45.5 Å². The summed E-state index contributed by atoms with van der Waals surface area (Å²) in [5, 5.41) is 12.0. The first-order valence-electron chi connectivity index (χ1n) is 15.8. The van der Waals surface area contributed by atoms with E-state index in [1.807, 2.05) is 12.2 Å². The number of anilines is 1. The number of ether oxygens (including phenoxy) is 2. The van der Waals surface area contributed by atoms with Crippen LogP contribution >= 0.6 is 11.6 Å². The van der Waals surface area contributed by atoms with Crippen LogP contribution in [0.1, 0.15) is 24.0 Å². The summed E-state index contributed by atoms with van der Waals surface area (Å²) in [5.74, 6) is -5.40. The Morgan fingerprint density at radius 3 is 2.22 bits per heavy atom. The predicted molar refractivity (Wildman–Crippen MR) is 178 cm³/mol. The molecule has 2 aliphatic carbocycles. The maximum atomic E-state index is 15.0. The van der Waals surface area contributed by atoms with Gasteiger partial charge in [-0.15, -0.1) is 0 Å². The van der Waals surface area contributed by atoms with Gasteiger partial charge in [0.15, 0.2) is 11.5 Å². The number of carbonyl (C=O) groups excluding carboxylic acids is 4. The Labute approximate surface area is 286 Å². The molecule has 0 bridgehead atoms. The normalized spacial score (nSPS) is 27.6. The van der Waals surface area contributed by atoms with Crippen molar-refractivity contribution in [1.82, 2.24) is 9.91 Å². The molecule has 10 nitrogen and oxygen atoms in total. The average molecular weight is 686 g/mol. The molecule has 6 atom stereocenters. The SMILES string of the molecule is COc1cc(C=C[C@H]2C3=CC[C@@H]4C(=O)N(C)C(=O)[C@@H]4[C@@H]3C[C@H]3C(=O)N(Nc4ccc(F)cc4)C(=O)[C@@]23c2ccc(Cl)cc2)cc(OC)c1O. The maximum absolute atomic E-state index is 15.0. The van der Waals surface area contributed by atoms with Crippen LogP contribution in [0.5, 0.6) is 17.2 Å². The number of phenols is 1. The summed E-state index contributed by atoms with van der Waals surface area (Å²) in [7, 11) is 4.31. The van der Waals surface area contributed by atoms with Crippen LogP contribution in [-0.2, 0) is 24.6 Å². The standard InChI is InChI=1S/C37H33ClFN3O7/c1-41-33(44)25-14-13-24-26(31(25)35(41)46)18-28-34(45)42(40-23-11-9-22(39)10-12-23)36(47)37(28,20-5-7-21(38)8-6-20)27(24)15-4-19-16-29(48-2)32(43)30(17-19)49-3/h4-13,15-17,25-28,31,40,43H,14,18H2,1-3H3/t25-,26+,27-,28-,31-,37-/m0/s1. The van der Waals surface area contributed by atoms with E-state index in [1.54, 1.807) is 42.5 Å². The van der Waals surface area contributed by atoms with Crippen LogP contribution in [-0.4, -0.2) is 59.9 Å². The molecule has 4 aliphatic rings. The topological polar surface area (TPSA) is 125 Å². The number of fused-ring (bicyclic) bond motifs is 4. The van der Waals surface area contributed by atoms with Gasteiger partial charge in [-0.05, 0) is 78.4 Å². The number of amides is 4. The molecule has 49 heavy (non-hydrogen) atoms. The van der Waals surface area contributed by atoms with E-state index < -0.39 is 52.6 Å². The largest absolute Gasteiger partial charge is 0.502 e. The summed E-state index contributed by atoms with van der Waals surface area (Å²) < 4.78 is 24.5. The molecule has 2 N–H and O–H groups in total. The van der Waals surface area contributed by atoms with Crippen molar-refractivity contribution in [3.8, 4) is 17.2 Å². The molecule has 1 saturated carbocycles. The lowest BCUT2D eigenvalue weighted by Gasteiger charge is -2.49. The van der Waals surface area contributed by atoms with Gasteiger partial charge in [-0.3, -0.25) is 29.5 Å². The number of likely N-dealkylation sites (tertiary alicyclic amines) is 1. The summed E-state index contributed by atoms with van der Waals surface area (Å²) in [6, 6.07) is 15.3. The van der Waals surface area contributed by atoms with Gasteiger partial charge in [0.1, 0.15) is 5.82 Å². The number of nitrogens with one attached hydrogen (secondary N) is 1. The van der Waals surface area contributed by atoms with Gasteiger partial charge in [0.25, 0.3) is 11.8 Å². The molecule has 2 aliphatic heterocycles. The van der Waals surface area contributed by atoms with Crippen LogP contribution in [0.2, 0.25) is 5.02 Å². The molecule has 0 aromatic heterocycles. The molecule has 3 aromatic rings. The minimum Gasteiger partial charge on any atom is -0.502 e. The first-order chi connectivity index (χ1) is 23.5. The number of imide groups is 2. The number of aromatic hydroxyl groups is 1. The summed E-state index contributed by atoms with van der Waals surface area (Å²) in [6.07, 6.45) is 5.99. The lowest BCUT2D eigenvalue weighted by Crippen LogP contribution is -2.54. The van der Waals surface area contributed by atoms with Crippen LogP contribution in [0.3, 0.4) is 0 Å². The van der Waals surface area contributed by atoms with Crippen LogP contribution in [0.15, 0.2) is 78.4 Å². The maximum Gasteiger partial charge on any atom is 0.260 e. The second kappa shape index (κ2) is 12.1. The van der Waals surface area contributed by atoms with Crippen molar-refractivity contribution >= 4 is 47.0 Å². The smallest absolute Gasteiger partial charge is 0.260 e. The fourth-order valence-corrected chi connectivity index (χ4v) is 8.40. The zero-order valence-corrected chi connectivity index (χ0v) is 27.6. The van der Waals surface area contributed by atoms with Crippen molar-refractivity contribution in [3.63, 3.8) is 0 Å². The third-order valence-corrected chi connectivity index (χ3v) is 10.8. The number of hydrogen-bond donors (Lipinski definition) is 2. The van der Waals surface area contributed by atoms with Crippen molar-refractivity contribution in [2.75, 3.05) is 26.7 Å². The zero-order valence-electron chi connectivity index (χ0n) is 26.9. The van der Waals surface area contributed by atoms with Gasteiger partial charge in [0.05, 0.1) is 43.1 Å². The number of nitrogens with zero attached hydrogens (tertiary/aromatic N) is 2. The first kappa shape index (κ1) is 32.4. The number of hydrazine groups is 1. The summed E-state index contributed by atoms with van der Waals surface area (Å²) >= 11 is 6.32. The second-order valence-corrected chi connectivity index (χ2v) is 13.2. The van der Waals surface area contributed by atoms with Crippen LogP contribution < -0.4 is 14.9 Å². The Hall–Kier alpha value is -5.16. The Balaban J connectivity index is 1.44. The number of hydrogen-bond acceptors (Lipinski definition) is 8. The van der Waals surface area contributed by atoms with Crippen molar-refractivity contribution in [3.05, 3.63) is 100 Å². The van der Waals surface area contributed by atoms with E-state index in [0.717, 1.165) is 15.5 Å². The number of allylic oxidation sites excluding steroid dienone is 3. The van der Waals surface area contributed by atoms with Gasteiger partial charge in [0.2, 0.25) is 17.6 Å². The Bertz CT molecular complexity index is 1920. The summed E-state index contributed by atoms with van der Waals surface area (Å²) in [6.45, 7) is 0. The van der Waals surface area contributed by atoms with Crippen LogP contribution in [0.4, 0.5) is 10.1 Å². The van der Waals surface area contributed by atoms with E-state index in [-0.39, 0.29) is 35.5 Å². The summed E-state index contributed by atoms with van der Waals surface area (Å²) in [5.41, 5.74) is 3.66. The minimum atomic E-state index is -1.50. The van der Waals surface area contributed by atoms with E-state index in [4.69, 9.17) is 21.1 Å². The van der Waals surface area contributed by atoms with Crippen LogP contribution in [0.25, 0.3) is 6.08 Å². The van der Waals surface area contributed by atoms with Gasteiger partial charge in [-0.2, -0.15) is 5.01 Å². The van der Waals surface area contributed by atoms with E-state index >= 15 is 4.79 Å². The fraction of sp³-hybridized carbons (Fsp3) is 0.297. The van der Waals surface area contributed by atoms with Crippen molar-refractivity contribution in [1.29, 1.82) is 0 Å². The number of benzene rings is 3. The van der Waals surface area contributed by atoms with Gasteiger partial charge in [-0.25, -0.2) is 4.39 Å². The Morgan fingerprint density at radius 1 is 0.939 bits per heavy atom. The molecule has 2 heterocycles. The van der Waals surface area contributed by atoms with Crippen molar-refractivity contribution < 1.29 is 38.1 Å². The molecule has 12 heteroatoms. The molecule has 0 unspecified atom stereocenters. The molecule has 4 amide bonds. The number of halogens is 2. The highest BCUT2D eigenvalue weighted by Gasteiger charge is 2.69. The molecule has 0 radical (unpaired) electrons. The molecule has 3 aromatic carbocycles.